The van der Waals surface area contributed by atoms with E-state index in [2.05, 4.69) is 23.7 Å². The van der Waals surface area contributed by atoms with Crippen LogP contribution in [0.25, 0.3) is 5.57 Å². The molecule has 1 rings (SSSR count). The van der Waals surface area contributed by atoms with Crippen LogP contribution in [0.15, 0.2) is 30.8 Å². The van der Waals surface area contributed by atoms with Crippen molar-refractivity contribution < 1.29 is 0 Å². The lowest BCUT2D eigenvalue weighted by molar-refractivity contribution is 0.938. The molecule has 0 aliphatic rings. The van der Waals surface area contributed by atoms with E-state index in [0.717, 1.165) is 17.7 Å². The highest BCUT2D eigenvalue weighted by Crippen LogP contribution is 2.11. The minimum atomic E-state index is 0.724. The molecule has 0 aliphatic carbocycles. The summed E-state index contributed by atoms with van der Waals surface area (Å²) in [4.78, 5) is 0. The molecule has 0 unspecified atom stereocenters. The Bertz CT molecular complexity index is 362. The maximum Gasteiger partial charge on any atom is 0.0577 e. The van der Waals surface area contributed by atoms with Crippen molar-refractivity contribution >= 4 is 5.57 Å². The van der Waals surface area contributed by atoms with Crippen molar-refractivity contribution in [2.45, 2.75) is 6.92 Å². The number of allylic oxidation sites excluding steroid dienone is 1. The lowest BCUT2D eigenvalue weighted by Crippen LogP contribution is -2.04. The lowest BCUT2D eigenvalue weighted by atomic mass is 10.1. The van der Waals surface area contributed by atoms with Gasteiger partial charge in [0.05, 0.1) is 6.54 Å². The molecule has 14 heavy (non-hydrogen) atoms. The van der Waals surface area contributed by atoms with Crippen LogP contribution in [0.4, 0.5) is 0 Å². The van der Waals surface area contributed by atoms with Gasteiger partial charge >= 0.3 is 0 Å². The Morgan fingerprint density at radius 1 is 1.36 bits per heavy atom. The van der Waals surface area contributed by atoms with Gasteiger partial charge in [-0.3, -0.25) is 0 Å². The van der Waals surface area contributed by atoms with Crippen molar-refractivity contribution in [3.8, 4) is 11.8 Å². The third kappa shape index (κ3) is 3.08. The van der Waals surface area contributed by atoms with Gasteiger partial charge in [0.25, 0.3) is 0 Å². The van der Waals surface area contributed by atoms with Crippen LogP contribution in [0, 0.1) is 11.8 Å². The summed E-state index contributed by atoms with van der Waals surface area (Å²) in [5, 5.41) is 2.98. The van der Waals surface area contributed by atoms with E-state index in [9.17, 15) is 0 Å². The molecule has 0 bridgehead atoms. The van der Waals surface area contributed by atoms with Crippen LogP contribution in [0.2, 0.25) is 0 Å². The van der Waals surface area contributed by atoms with Crippen LogP contribution in [-0.4, -0.2) is 13.6 Å². The summed E-state index contributed by atoms with van der Waals surface area (Å²) in [5.41, 5.74) is 3.30. The molecule has 0 aliphatic heterocycles. The SMILES string of the molecule is C=C(C)c1ccc(C#CCNC)cc1. The van der Waals surface area contributed by atoms with Gasteiger partial charge in [0.15, 0.2) is 0 Å². The molecule has 0 fully saturated rings. The zero-order valence-electron chi connectivity index (χ0n) is 8.72. The van der Waals surface area contributed by atoms with Gasteiger partial charge in [-0.25, -0.2) is 0 Å². The van der Waals surface area contributed by atoms with E-state index in [1.165, 1.54) is 5.56 Å². The fraction of sp³-hybridized carbons (Fsp3) is 0.231. The average Bonchev–Trinajstić information content (AvgIpc) is 2.19. The Labute approximate surface area is 85.8 Å². The number of hydrogen-bond donors (Lipinski definition) is 1. The van der Waals surface area contributed by atoms with Crippen LogP contribution in [0.1, 0.15) is 18.1 Å². The first-order valence-corrected chi connectivity index (χ1v) is 4.63. The third-order valence-electron chi connectivity index (χ3n) is 1.88. The molecule has 1 N–H and O–H groups in total. The van der Waals surface area contributed by atoms with Gasteiger partial charge in [-0.2, -0.15) is 0 Å². The molecule has 1 nitrogen and oxygen atoms in total. The minimum absolute atomic E-state index is 0.724. The first-order chi connectivity index (χ1) is 6.74. The van der Waals surface area contributed by atoms with Crippen molar-refractivity contribution in [2.24, 2.45) is 0 Å². The van der Waals surface area contributed by atoms with Crippen molar-refractivity contribution in [1.82, 2.24) is 5.32 Å². The van der Waals surface area contributed by atoms with Gasteiger partial charge in [-0.05, 0) is 31.7 Å². The smallest absolute Gasteiger partial charge is 0.0577 e. The zero-order chi connectivity index (χ0) is 10.4. The molecule has 0 saturated carbocycles. The number of rotatable bonds is 2. The van der Waals surface area contributed by atoms with E-state index < -0.39 is 0 Å². The molecule has 1 aromatic carbocycles. The Hall–Kier alpha value is -1.52. The third-order valence-corrected chi connectivity index (χ3v) is 1.88. The molecule has 1 heteroatoms. The van der Waals surface area contributed by atoms with Crippen LogP contribution in [0.5, 0.6) is 0 Å². The topological polar surface area (TPSA) is 12.0 Å². The largest absolute Gasteiger partial charge is 0.309 e. The van der Waals surface area contributed by atoms with E-state index in [1.807, 2.05) is 38.2 Å². The van der Waals surface area contributed by atoms with Crippen LogP contribution in [0.3, 0.4) is 0 Å². The van der Waals surface area contributed by atoms with Crippen LogP contribution >= 0.6 is 0 Å². The summed E-state index contributed by atoms with van der Waals surface area (Å²) in [5.74, 6) is 6.09. The summed E-state index contributed by atoms with van der Waals surface area (Å²) in [6.45, 7) is 6.61. The van der Waals surface area contributed by atoms with Crippen molar-refractivity contribution in [2.75, 3.05) is 13.6 Å². The monoisotopic (exact) mass is 185 g/mol. The lowest BCUT2D eigenvalue weighted by Gasteiger charge is -1.98. The standard InChI is InChI=1S/C13H15N/c1-11(2)13-8-6-12(7-9-13)5-4-10-14-3/h6-9,14H,1,10H2,2-3H3. The molecule has 0 radical (unpaired) electrons. The Kier molecular flexibility index (Phi) is 3.97. The Morgan fingerprint density at radius 2 is 2.00 bits per heavy atom. The fourth-order valence-corrected chi connectivity index (χ4v) is 1.07. The first-order valence-electron chi connectivity index (χ1n) is 4.63. The molecule has 1 aromatic rings. The average molecular weight is 185 g/mol. The summed E-state index contributed by atoms with van der Waals surface area (Å²) in [6, 6.07) is 8.14. The molecule has 0 atom stereocenters. The van der Waals surface area contributed by atoms with Gasteiger partial charge in [-0.15, -0.1) is 0 Å². The van der Waals surface area contributed by atoms with E-state index in [0.29, 0.717) is 0 Å². The van der Waals surface area contributed by atoms with Crippen LogP contribution in [-0.2, 0) is 0 Å². The predicted octanol–water partition coefficient (Wildman–Crippen LogP) is 2.29. The van der Waals surface area contributed by atoms with E-state index in [1.54, 1.807) is 0 Å². The predicted molar refractivity (Wildman–Crippen MR) is 62.0 cm³/mol. The molecule has 0 saturated heterocycles. The van der Waals surface area contributed by atoms with Gasteiger partial charge in [0.1, 0.15) is 0 Å². The van der Waals surface area contributed by atoms with Gasteiger partial charge < -0.3 is 5.32 Å². The molecular formula is C13H15N. The zero-order valence-corrected chi connectivity index (χ0v) is 8.72. The molecule has 0 spiro atoms. The molecule has 0 amide bonds. The second-order valence-corrected chi connectivity index (χ2v) is 3.19. The highest BCUT2D eigenvalue weighted by Gasteiger charge is 1.91. The maximum atomic E-state index is 3.88. The van der Waals surface area contributed by atoms with E-state index in [-0.39, 0.29) is 0 Å². The summed E-state index contributed by atoms with van der Waals surface area (Å²) in [7, 11) is 1.89. The molecule has 72 valence electrons. The number of benzene rings is 1. The van der Waals surface area contributed by atoms with Gasteiger partial charge in [0.2, 0.25) is 0 Å². The van der Waals surface area contributed by atoms with Crippen molar-refractivity contribution in [1.29, 1.82) is 0 Å². The molecular weight excluding hydrogens is 170 g/mol. The van der Waals surface area contributed by atoms with Crippen molar-refractivity contribution in [3.05, 3.63) is 42.0 Å². The quantitative estimate of drug-likeness (QED) is 0.697. The Morgan fingerprint density at radius 3 is 2.50 bits per heavy atom. The summed E-state index contributed by atoms with van der Waals surface area (Å²) < 4.78 is 0. The molecule has 0 heterocycles. The van der Waals surface area contributed by atoms with E-state index in [4.69, 9.17) is 0 Å². The second-order valence-electron chi connectivity index (χ2n) is 3.19. The molecule has 0 aromatic heterocycles. The summed E-state index contributed by atoms with van der Waals surface area (Å²) >= 11 is 0. The highest BCUT2D eigenvalue weighted by molar-refractivity contribution is 5.61. The van der Waals surface area contributed by atoms with Gasteiger partial charge in [0, 0.05) is 5.56 Å². The summed E-state index contributed by atoms with van der Waals surface area (Å²) in [6.07, 6.45) is 0. The number of hydrogen-bond acceptors (Lipinski definition) is 1. The van der Waals surface area contributed by atoms with Crippen molar-refractivity contribution in [3.63, 3.8) is 0 Å². The van der Waals surface area contributed by atoms with E-state index >= 15 is 0 Å². The highest BCUT2D eigenvalue weighted by atomic mass is 14.8. The van der Waals surface area contributed by atoms with Gasteiger partial charge in [-0.1, -0.05) is 36.1 Å². The second kappa shape index (κ2) is 5.26. The van der Waals surface area contributed by atoms with Crippen LogP contribution < -0.4 is 5.32 Å². The normalized spacial score (nSPS) is 9.00. The maximum absolute atomic E-state index is 3.88. The fourth-order valence-electron chi connectivity index (χ4n) is 1.07. The number of nitrogens with one attached hydrogen (secondary N) is 1. The Balaban J connectivity index is 2.75. The minimum Gasteiger partial charge on any atom is -0.309 e. The first kappa shape index (κ1) is 10.6.